The Labute approximate surface area is 106 Å². The highest BCUT2D eigenvalue weighted by molar-refractivity contribution is 8.01. The number of hydrogen-bond donors (Lipinski definition) is 1. The molecule has 0 fully saturated rings. The van der Waals surface area contributed by atoms with E-state index in [1.807, 2.05) is 11.6 Å². The van der Waals surface area contributed by atoms with Crippen LogP contribution in [0.15, 0.2) is 15.9 Å². The number of nitrogens with one attached hydrogen (secondary N) is 1. The summed E-state index contributed by atoms with van der Waals surface area (Å²) < 4.78 is 6.60. The van der Waals surface area contributed by atoms with Gasteiger partial charge in [-0.05, 0) is 6.42 Å². The van der Waals surface area contributed by atoms with Crippen molar-refractivity contribution in [2.45, 2.75) is 24.1 Å². The Morgan fingerprint density at radius 3 is 3.12 bits per heavy atom. The molecular formula is C11H20N2OS2. The van der Waals surface area contributed by atoms with Crippen LogP contribution >= 0.6 is 23.1 Å². The van der Waals surface area contributed by atoms with E-state index in [-0.39, 0.29) is 0 Å². The quantitative estimate of drug-likeness (QED) is 0.518. The standard InChI is InChI=1S/C11H20N2OS2/c1-2-3-7-14-8-4-12-5-9-15-11-13-6-10-16-11/h6,10,12H,2-5,7-9H2,1H3. The van der Waals surface area contributed by atoms with Crippen molar-refractivity contribution in [1.82, 2.24) is 10.3 Å². The molecule has 0 bridgehead atoms. The molecule has 0 aromatic carbocycles. The summed E-state index contributed by atoms with van der Waals surface area (Å²) in [5.41, 5.74) is 0. The molecule has 0 atom stereocenters. The van der Waals surface area contributed by atoms with Gasteiger partial charge in [-0.2, -0.15) is 0 Å². The van der Waals surface area contributed by atoms with Crippen molar-refractivity contribution in [3.8, 4) is 0 Å². The number of ether oxygens (including phenoxy) is 1. The van der Waals surface area contributed by atoms with Crippen molar-refractivity contribution >= 4 is 23.1 Å². The maximum atomic E-state index is 5.45. The highest BCUT2D eigenvalue weighted by Gasteiger charge is 1.95. The Morgan fingerprint density at radius 2 is 2.38 bits per heavy atom. The van der Waals surface area contributed by atoms with Crippen LogP contribution in [0.3, 0.4) is 0 Å². The third kappa shape index (κ3) is 7.22. The van der Waals surface area contributed by atoms with Gasteiger partial charge in [0.1, 0.15) is 4.34 Å². The molecule has 0 aliphatic rings. The first-order valence-corrected chi connectivity index (χ1v) is 7.60. The van der Waals surface area contributed by atoms with Gasteiger partial charge in [0.25, 0.3) is 0 Å². The number of nitrogens with zero attached hydrogens (tertiary/aromatic N) is 1. The van der Waals surface area contributed by atoms with Gasteiger partial charge in [0.15, 0.2) is 0 Å². The molecule has 1 aromatic heterocycles. The van der Waals surface area contributed by atoms with Gasteiger partial charge in [0, 0.05) is 37.0 Å². The van der Waals surface area contributed by atoms with Crippen LogP contribution in [0.1, 0.15) is 19.8 Å². The Kier molecular flexibility index (Phi) is 8.80. The average molecular weight is 260 g/mol. The highest BCUT2D eigenvalue weighted by atomic mass is 32.2. The first-order chi connectivity index (χ1) is 7.93. The lowest BCUT2D eigenvalue weighted by molar-refractivity contribution is 0.133. The second-order valence-corrected chi connectivity index (χ2v) is 5.60. The van der Waals surface area contributed by atoms with Crippen LogP contribution in [0.25, 0.3) is 0 Å². The smallest absolute Gasteiger partial charge is 0.149 e. The molecule has 92 valence electrons. The molecule has 0 spiro atoms. The van der Waals surface area contributed by atoms with Crippen LogP contribution < -0.4 is 5.32 Å². The van der Waals surface area contributed by atoms with Gasteiger partial charge >= 0.3 is 0 Å². The van der Waals surface area contributed by atoms with E-state index in [4.69, 9.17) is 4.74 Å². The van der Waals surface area contributed by atoms with Crippen LogP contribution in [0.4, 0.5) is 0 Å². The molecule has 1 rings (SSSR count). The normalized spacial score (nSPS) is 10.8. The third-order valence-corrected chi connectivity index (χ3v) is 3.95. The van der Waals surface area contributed by atoms with Crippen LogP contribution in [0, 0.1) is 0 Å². The average Bonchev–Trinajstić information content (AvgIpc) is 2.80. The number of thiazole rings is 1. The fourth-order valence-electron chi connectivity index (χ4n) is 1.11. The van der Waals surface area contributed by atoms with Gasteiger partial charge in [0.2, 0.25) is 0 Å². The zero-order chi connectivity index (χ0) is 11.5. The first kappa shape index (κ1) is 14.0. The molecule has 0 aliphatic carbocycles. The number of aromatic nitrogens is 1. The topological polar surface area (TPSA) is 34.1 Å². The van der Waals surface area contributed by atoms with E-state index in [2.05, 4.69) is 17.2 Å². The number of rotatable bonds is 10. The second kappa shape index (κ2) is 10.1. The van der Waals surface area contributed by atoms with E-state index in [9.17, 15) is 0 Å². The van der Waals surface area contributed by atoms with Crippen molar-refractivity contribution in [3.05, 3.63) is 11.6 Å². The zero-order valence-electron chi connectivity index (χ0n) is 9.78. The lowest BCUT2D eigenvalue weighted by Gasteiger charge is -2.04. The van der Waals surface area contributed by atoms with Crippen LogP contribution in [0.5, 0.6) is 0 Å². The minimum Gasteiger partial charge on any atom is -0.380 e. The van der Waals surface area contributed by atoms with E-state index in [1.54, 1.807) is 23.1 Å². The molecule has 0 saturated heterocycles. The predicted molar refractivity (Wildman–Crippen MR) is 71.4 cm³/mol. The number of unbranched alkanes of at least 4 members (excludes halogenated alkanes) is 1. The summed E-state index contributed by atoms with van der Waals surface area (Å²) in [6, 6.07) is 0. The molecule has 0 aliphatic heterocycles. The molecule has 1 aromatic rings. The molecule has 0 saturated carbocycles. The lowest BCUT2D eigenvalue weighted by Crippen LogP contribution is -2.22. The predicted octanol–water partition coefficient (Wildman–Crippen LogP) is 2.64. The van der Waals surface area contributed by atoms with Crippen LogP contribution in [0.2, 0.25) is 0 Å². The van der Waals surface area contributed by atoms with Gasteiger partial charge in [-0.15, -0.1) is 11.3 Å². The Morgan fingerprint density at radius 1 is 1.44 bits per heavy atom. The van der Waals surface area contributed by atoms with Gasteiger partial charge in [-0.1, -0.05) is 25.1 Å². The molecule has 0 radical (unpaired) electrons. The van der Waals surface area contributed by atoms with E-state index in [0.717, 1.165) is 36.4 Å². The fourth-order valence-corrected chi connectivity index (χ4v) is 2.72. The summed E-state index contributed by atoms with van der Waals surface area (Å²) in [7, 11) is 0. The minimum absolute atomic E-state index is 0.821. The Hall–Kier alpha value is -0.100. The van der Waals surface area contributed by atoms with Crippen molar-refractivity contribution < 1.29 is 4.74 Å². The Bertz CT molecular complexity index is 242. The summed E-state index contributed by atoms with van der Waals surface area (Å²) >= 11 is 3.50. The summed E-state index contributed by atoms with van der Waals surface area (Å²) in [6.45, 7) is 5.86. The summed E-state index contributed by atoms with van der Waals surface area (Å²) in [5, 5.41) is 5.37. The zero-order valence-corrected chi connectivity index (χ0v) is 11.4. The van der Waals surface area contributed by atoms with E-state index < -0.39 is 0 Å². The molecule has 16 heavy (non-hydrogen) atoms. The molecule has 5 heteroatoms. The van der Waals surface area contributed by atoms with Crippen LogP contribution in [-0.4, -0.2) is 37.0 Å². The van der Waals surface area contributed by atoms with E-state index in [1.165, 1.54) is 12.8 Å². The molecular weight excluding hydrogens is 240 g/mol. The molecule has 0 unspecified atom stereocenters. The van der Waals surface area contributed by atoms with Gasteiger partial charge < -0.3 is 10.1 Å². The van der Waals surface area contributed by atoms with Gasteiger partial charge in [0.05, 0.1) is 6.61 Å². The molecule has 3 nitrogen and oxygen atoms in total. The van der Waals surface area contributed by atoms with Crippen molar-refractivity contribution in [1.29, 1.82) is 0 Å². The maximum Gasteiger partial charge on any atom is 0.149 e. The maximum absolute atomic E-state index is 5.45. The van der Waals surface area contributed by atoms with Crippen LogP contribution in [-0.2, 0) is 4.74 Å². The molecule has 1 heterocycles. The van der Waals surface area contributed by atoms with E-state index >= 15 is 0 Å². The largest absolute Gasteiger partial charge is 0.380 e. The SMILES string of the molecule is CCCCOCCNCCSc1nccs1. The Balaban J connectivity index is 1.78. The third-order valence-electron chi connectivity index (χ3n) is 1.98. The van der Waals surface area contributed by atoms with Crippen molar-refractivity contribution in [2.24, 2.45) is 0 Å². The highest BCUT2D eigenvalue weighted by Crippen LogP contribution is 2.18. The summed E-state index contributed by atoms with van der Waals surface area (Å²) in [4.78, 5) is 4.21. The minimum atomic E-state index is 0.821. The molecule has 1 N–H and O–H groups in total. The lowest BCUT2D eigenvalue weighted by atomic mass is 10.4. The summed E-state index contributed by atoms with van der Waals surface area (Å²) in [6.07, 6.45) is 4.22. The van der Waals surface area contributed by atoms with Gasteiger partial charge in [-0.25, -0.2) is 4.98 Å². The van der Waals surface area contributed by atoms with Crippen molar-refractivity contribution in [2.75, 3.05) is 32.1 Å². The monoisotopic (exact) mass is 260 g/mol. The fraction of sp³-hybridized carbons (Fsp3) is 0.727. The van der Waals surface area contributed by atoms with E-state index in [0.29, 0.717) is 0 Å². The van der Waals surface area contributed by atoms with Crippen molar-refractivity contribution in [3.63, 3.8) is 0 Å². The number of hydrogen-bond acceptors (Lipinski definition) is 5. The summed E-state index contributed by atoms with van der Waals surface area (Å²) in [5.74, 6) is 1.07. The molecule has 0 amide bonds. The number of thioether (sulfide) groups is 1. The second-order valence-electron chi connectivity index (χ2n) is 3.36. The van der Waals surface area contributed by atoms with Gasteiger partial charge in [-0.3, -0.25) is 0 Å². The first-order valence-electron chi connectivity index (χ1n) is 5.74.